The molecule has 0 bridgehead atoms. The van der Waals surface area contributed by atoms with E-state index in [1.54, 1.807) is 13.0 Å². The highest BCUT2D eigenvalue weighted by Crippen LogP contribution is 2.23. The van der Waals surface area contributed by atoms with Crippen LogP contribution in [0.2, 0.25) is 5.02 Å². The summed E-state index contributed by atoms with van der Waals surface area (Å²) < 4.78 is 0. The zero-order valence-corrected chi connectivity index (χ0v) is 12.9. The minimum atomic E-state index is -0.449. The molecule has 0 spiro atoms. The maximum atomic E-state index is 12.6. The van der Waals surface area contributed by atoms with Gasteiger partial charge in [0.2, 0.25) is 6.41 Å². The first-order valence-electron chi connectivity index (χ1n) is 6.58. The lowest BCUT2D eigenvalue weighted by Crippen LogP contribution is -2.30. The molecule has 4 nitrogen and oxygen atoms in total. The van der Waals surface area contributed by atoms with E-state index in [4.69, 9.17) is 11.6 Å². The highest BCUT2D eigenvalue weighted by Gasteiger charge is 2.20. The number of carbonyl (C=O) groups excluding carboxylic acids is 3. The Morgan fingerprint density at radius 1 is 1.09 bits per heavy atom. The summed E-state index contributed by atoms with van der Waals surface area (Å²) in [5.41, 5.74) is 2.65. The Balaban J connectivity index is 2.47. The van der Waals surface area contributed by atoms with Gasteiger partial charge in [-0.1, -0.05) is 29.3 Å². The van der Waals surface area contributed by atoms with Crippen molar-refractivity contribution in [2.45, 2.75) is 13.8 Å². The minimum Gasteiger partial charge on any atom is -0.298 e. The first-order valence-corrected chi connectivity index (χ1v) is 6.96. The normalized spacial score (nSPS) is 10.1. The first-order chi connectivity index (χ1) is 10.5. The summed E-state index contributed by atoms with van der Waals surface area (Å²) in [6.45, 7) is 3.67. The van der Waals surface area contributed by atoms with Crippen LogP contribution >= 0.6 is 11.6 Å². The molecule has 0 fully saturated rings. The van der Waals surface area contributed by atoms with Gasteiger partial charge in [0.05, 0.1) is 10.7 Å². The van der Waals surface area contributed by atoms with Gasteiger partial charge in [-0.05, 0) is 43.7 Å². The molecule has 0 atom stereocenters. The number of hydrogen-bond donors (Lipinski definition) is 0. The van der Waals surface area contributed by atoms with Crippen LogP contribution < -0.4 is 4.90 Å². The highest BCUT2D eigenvalue weighted by atomic mass is 35.5. The van der Waals surface area contributed by atoms with Gasteiger partial charge in [-0.25, -0.2) is 4.90 Å². The molecule has 0 heterocycles. The average molecular weight is 316 g/mol. The van der Waals surface area contributed by atoms with Crippen molar-refractivity contribution >= 4 is 35.9 Å². The molecule has 0 N–H and O–H groups in total. The fourth-order valence-electron chi connectivity index (χ4n) is 2.09. The Morgan fingerprint density at radius 2 is 1.82 bits per heavy atom. The quantitative estimate of drug-likeness (QED) is 0.810. The molecule has 2 aromatic carbocycles. The summed E-state index contributed by atoms with van der Waals surface area (Å²) >= 11 is 5.86. The Bertz CT molecular complexity index is 756. The predicted octanol–water partition coefficient (Wildman–Crippen LogP) is 3.57. The Morgan fingerprint density at radius 3 is 2.45 bits per heavy atom. The molecule has 112 valence electrons. The maximum absolute atomic E-state index is 12.6. The van der Waals surface area contributed by atoms with Crippen LogP contribution in [0.1, 0.15) is 31.8 Å². The maximum Gasteiger partial charge on any atom is 0.265 e. The molecule has 0 saturated carbocycles. The fraction of sp³-hybridized carbons (Fsp3) is 0.118. The van der Waals surface area contributed by atoms with E-state index in [0.717, 1.165) is 16.0 Å². The average Bonchev–Trinajstić information content (AvgIpc) is 2.51. The van der Waals surface area contributed by atoms with Crippen LogP contribution in [0.15, 0.2) is 36.4 Å². The van der Waals surface area contributed by atoms with Crippen LogP contribution in [0.4, 0.5) is 5.69 Å². The largest absolute Gasteiger partial charge is 0.298 e. The van der Waals surface area contributed by atoms with Crippen molar-refractivity contribution in [2.24, 2.45) is 0 Å². The molecule has 5 heteroatoms. The summed E-state index contributed by atoms with van der Waals surface area (Å²) in [6.07, 6.45) is 1.01. The van der Waals surface area contributed by atoms with Gasteiger partial charge in [0.15, 0.2) is 6.29 Å². The van der Waals surface area contributed by atoms with Gasteiger partial charge < -0.3 is 0 Å². The lowest BCUT2D eigenvalue weighted by atomic mass is 10.0. The van der Waals surface area contributed by atoms with Gasteiger partial charge >= 0.3 is 0 Å². The fourth-order valence-corrected chi connectivity index (χ4v) is 2.26. The second-order valence-electron chi connectivity index (χ2n) is 4.92. The first kappa shape index (κ1) is 15.9. The monoisotopic (exact) mass is 315 g/mol. The third-order valence-corrected chi connectivity index (χ3v) is 3.68. The van der Waals surface area contributed by atoms with E-state index >= 15 is 0 Å². The summed E-state index contributed by atoms with van der Waals surface area (Å²) in [5.74, 6) is -0.449. The van der Waals surface area contributed by atoms with E-state index in [-0.39, 0.29) is 10.6 Å². The number of rotatable bonds is 4. The number of nitrogens with zero attached hydrogens (tertiary/aromatic N) is 1. The summed E-state index contributed by atoms with van der Waals surface area (Å²) in [5, 5.41) is 0.267. The van der Waals surface area contributed by atoms with Gasteiger partial charge in [0, 0.05) is 11.1 Å². The van der Waals surface area contributed by atoms with Gasteiger partial charge in [-0.3, -0.25) is 14.4 Å². The number of benzene rings is 2. The molecule has 0 aromatic heterocycles. The van der Waals surface area contributed by atoms with Gasteiger partial charge in [-0.15, -0.1) is 0 Å². The number of imide groups is 1. The standard InChI is InChI=1S/C17H14ClNO3/c1-11-3-4-12(2)15(7-11)17(22)19(10-21)14-5-6-16(18)13(8-14)9-20/h3-10H,1-2H3. The van der Waals surface area contributed by atoms with Gasteiger partial charge in [0.1, 0.15) is 0 Å². The molecular formula is C17H14ClNO3. The zero-order chi connectivity index (χ0) is 16.3. The molecule has 0 saturated heterocycles. The number of hydrogen-bond acceptors (Lipinski definition) is 3. The molecule has 2 amide bonds. The smallest absolute Gasteiger partial charge is 0.265 e. The van der Waals surface area contributed by atoms with Crippen molar-refractivity contribution in [3.8, 4) is 0 Å². The Hall–Kier alpha value is -2.46. The number of halogens is 1. The van der Waals surface area contributed by atoms with Crippen LogP contribution in [0, 0.1) is 13.8 Å². The summed E-state index contributed by atoms with van der Waals surface area (Å²) in [7, 11) is 0. The molecule has 2 rings (SSSR count). The lowest BCUT2D eigenvalue weighted by molar-refractivity contribution is -0.106. The van der Waals surface area contributed by atoms with Crippen LogP contribution in [0.3, 0.4) is 0 Å². The van der Waals surface area contributed by atoms with E-state index in [2.05, 4.69) is 0 Å². The van der Waals surface area contributed by atoms with Crippen LogP contribution in [-0.4, -0.2) is 18.6 Å². The molecule has 0 aliphatic heterocycles. The number of aryl methyl sites for hydroxylation is 2. The van der Waals surface area contributed by atoms with Gasteiger partial charge in [0.25, 0.3) is 5.91 Å². The number of carbonyl (C=O) groups is 3. The molecule has 0 unspecified atom stereocenters. The van der Waals surface area contributed by atoms with Crippen molar-refractivity contribution in [1.82, 2.24) is 0 Å². The number of anilines is 1. The second-order valence-corrected chi connectivity index (χ2v) is 5.33. The van der Waals surface area contributed by atoms with Crippen LogP contribution in [-0.2, 0) is 4.79 Å². The molecular weight excluding hydrogens is 302 g/mol. The third kappa shape index (κ3) is 3.07. The third-order valence-electron chi connectivity index (χ3n) is 3.33. The predicted molar refractivity (Wildman–Crippen MR) is 85.6 cm³/mol. The van der Waals surface area contributed by atoms with E-state index in [1.807, 2.05) is 19.1 Å². The zero-order valence-electron chi connectivity index (χ0n) is 12.2. The van der Waals surface area contributed by atoms with Crippen molar-refractivity contribution in [3.63, 3.8) is 0 Å². The van der Waals surface area contributed by atoms with E-state index in [1.165, 1.54) is 18.2 Å². The van der Waals surface area contributed by atoms with E-state index in [0.29, 0.717) is 23.9 Å². The number of amides is 2. The lowest BCUT2D eigenvalue weighted by Gasteiger charge is -2.18. The Kier molecular flexibility index (Phi) is 4.73. The molecule has 0 radical (unpaired) electrons. The molecule has 0 aliphatic rings. The van der Waals surface area contributed by atoms with Crippen molar-refractivity contribution < 1.29 is 14.4 Å². The van der Waals surface area contributed by atoms with Crippen molar-refractivity contribution in [1.29, 1.82) is 0 Å². The van der Waals surface area contributed by atoms with Crippen molar-refractivity contribution in [3.05, 3.63) is 63.7 Å². The highest BCUT2D eigenvalue weighted by molar-refractivity contribution is 6.33. The van der Waals surface area contributed by atoms with E-state index in [9.17, 15) is 14.4 Å². The molecule has 22 heavy (non-hydrogen) atoms. The number of aldehydes is 1. The second kappa shape index (κ2) is 6.54. The summed E-state index contributed by atoms with van der Waals surface area (Å²) in [6, 6.07) is 9.85. The van der Waals surface area contributed by atoms with Crippen LogP contribution in [0.5, 0.6) is 0 Å². The molecule has 0 aliphatic carbocycles. The Labute approximate surface area is 133 Å². The topological polar surface area (TPSA) is 54.5 Å². The summed E-state index contributed by atoms with van der Waals surface area (Å²) in [4.78, 5) is 35.9. The minimum absolute atomic E-state index is 0.222. The molecule has 2 aromatic rings. The van der Waals surface area contributed by atoms with Crippen LogP contribution in [0.25, 0.3) is 0 Å². The van der Waals surface area contributed by atoms with E-state index < -0.39 is 5.91 Å². The SMILES string of the molecule is Cc1ccc(C)c(C(=O)N(C=O)c2ccc(Cl)c(C=O)c2)c1. The van der Waals surface area contributed by atoms with Gasteiger partial charge in [-0.2, -0.15) is 0 Å². The van der Waals surface area contributed by atoms with Crippen molar-refractivity contribution in [2.75, 3.05) is 4.90 Å².